The maximum absolute atomic E-state index is 14.0. The monoisotopic (exact) mass is 224 g/mol. The molecule has 0 aliphatic carbocycles. The molecule has 2 heterocycles. The van der Waals surface area contributed by atoms with Crippen LogP contribution in [0.3, 0.4) is 0 Å². The summed E-state index contributed by atoms with van der Waals surface area (Å²) in [5.74, 6) is -1.10. The van der Waals surface area contributed by atoms with E-state index in [1.54, 1.807) is 0 Å². The van der Waals surface area contributed by atoms with Gasteiger partial charge in [0, 0.05) is 6.20 Å². The van der Waals surface area contributed by atoms with Gasteiger partial charge in [0.15, 0.2) is 5.67 Å². The van der Waals surface area contributed by atoms with Gasteiger partial charge in [0.1, 0.15) is 0 Å². The average Bonchev–Trinajstić information content (AvgIpc) is 2.25. The number of alkyl halides is 1. The van der Waals surface area contributed by atoms with Crippen LogP contribution in [0.2, 0.25) is 0 Å². The van der Waals surface area contributed by atoms with Crippen molar-refractivity contribution >= 4 is 12.4 Å². The first-order valence-electron chi connectivity index (χ1n) is 4.63. The minimum atomic E-state index is -1.64. The Morgan fingerprint density at radius 1 is 1.56 bits per heavy atom. The molecular weight excluding hydrogens is 215 g/mol. The third-order valence-electron chi connectivity index (χ3n) is 2.53. The lowest BCUT2D eigenvalue weighted by Gasteiger charge is -2.41. The topological polar surface area (TPSA) is 70.5 Å². The third kappa shape index (κ3) is 1.62. The Morgan fingerprint density at radius 3 is 2.69 bits per heavy atom. The highest BCUT2D eigenvalue weighted by Gasteiger charge is 2.45. The molecule has 1 N–H and O–H groups in total. The normalized spacial score (nSPS) is 17.7. The number of hydrogen-bond donors (Lipinski definition) is 1. The molecule has 0 spiro atoms. The zero-order valence-electron chi connectivity index (χ0n) is 8.26. The number of carbonyl (C=O) groups excluding carboxylic acids is 1. The van der Waals surface area contributed by atoms with Gasteiger partial charge in [-0.25, -0.2) is 9.18 Å². The molecule has 0 aromatic carbocycles. The maximum atomic E-state index is 14.0. The molecule has 1 aliphatic heterocycles. The Morgan fingerprint density at radius 2 is 2.25 bits per heavy atom. The van der Waals surface area contributed by atoms with Crippen LogP contribution in [0.25, 0.3) is 0 Å². The second-order valence-corrected chi connectivity index (χ2v) is 3.71. The van der Waals surface area contributed by atoms with E-state index >= 15 is 0 Å². The summed E-state index contributed by atoms with van der Waals surface area (Å²) in [6.45, 7) is -0.0637. The number of aromatic nitrogens is 1. The second-order valence-electron chi connectivity index (χ2n) is 3.71. The van der Waals surface area contributed by atoms with Crippen LogP contribution in [-0.4, -0.2) is 40.5 Å². The number of likely N-dealkylation sites (tertiary alicyclic amines) is 1. The van der Waals surface area contributed by atoms with Crippen LogP contribution in [-0.2, 0) is 10.5 Å². The summed E-state index contributed by atoms with van der Waals surface area (Å²) in [5.41, 5.74) is -1.47. The first kappa shape index (κ1) is 10.5. The van der Waals surface area contributed by atoms with Gasteiger partial charge in [0.05, 0.1) is 24.3 Å². The summed E-state index contributed by atoms with van der Waals surface area (Å²) in [5, 5.41) is 8.64. The van der Waals surface area contributed by atoms with Crippen molar-refractivity contribution in [2.45, 2.75) is 5.67 Å². The summed E-state index contributed by atoms with van der Waals surface area (Å²) >= 11 is 0. The number of rotatable bonds is 3. The Balaban J connectivity index is 2.17. The third-order valence-corrected chi connectivity index (χ3v) is 2.53. The van der Waals surface area contributed by atoms with Crippen molar-refractivity contribution in [1.82, 2.24) is 9.88 Å². The standard InChI is InChI=1S/C10H9FN2O3/c11-10(4-13(5-10)6-14)8-2-1-7(3-12-8)9(15)16/h1-3,6H,4-5H2,(H,15,16). The van der Waals surface area contributed by atoms with E-state index in [1.165, 1.54) is 17.0 Å². The average molecular weight is 224 g/mol. The molecule has 0 saturated carbocycles. The summed E-state index contributed by atoms with van der Waals surface area (Å²) in [6, 6.07) is 2.64. The van der Waals surface area contributed by atoms with Crippen molar-refractivity contribution in [3.05, 3.63) is 29.6 Å². The Kier molecular flexibility index (Phi) is 2.34. The zero-order valence-corrected chi connectivity index (χ0v) is 8.26. The molecule has 5 nitrogen and oxygen atoms in total. The highest BCUT2D eigenvalue weighted by molar-refractivity contribution is 5.87. The molecule has 0 unspecified atom stereocenters. The SMILES string of the molecule is O=CN1CC(F)(c2ccc(C(=O)O)cn2)C1. The molecular formula is C10H9FN2O3. The van der Waals surface area contributed by atoms with E-state index in [1.807, 2.05) is 0 Å². The van der Waals surface area contributed by atoms with E-state index in [0.29, 0.717) is 6.41 Å². The predicted octanol–water partition coefficient (Wildman–Crippen LogP) is 0.417. The molecule has 2 rings (SSSR count). The lowest BCUT2D eigenvalue weighted by Crippen LogP contribution is -2.56. The minimum absolute atomic E-state index is 0.0129. The maximum Gasteiger partial charge on any atom is 0.337 e. The van der Waals surface area contributed by atoms with E-state index < -0.39 is 11.6 Å². The lowest BCUT2D eigenvalue weighted by atomic mass is 9.92. The lowest BCUT2D eigenvalue weighted by molar-refractivity contribution is -0.132. The second kappa shape index (κ2) is 3.55. The number of aromatic carboxylic acids is 1. The van der Waals surface area contributed by atoms with Crippen LogP contribution >= 0.6 is 0 Å². The number of hydrogen-bond acceptors (Lipinski definition) is 3. The van der Waals surface area contributed by atoms with Gasteiger partial charge in [-0.15, -0.1) is 0 Å². The van der Waals surface area contributed by atoms with Gasteiger partial charge in [0.25, 0.3) is 0 Å². The van der Waals surface area contributed by atoms with Crippen molar-refractivity contribution < 1.29 is 19.1 Å². The Labute approximate surface area is 90.5 Å². The Hall–Kier alpha value is -1.98. The van der Waals surface area contributed by atoms with Crippen LogP contribution in [0.4, 0.5) is 4.39 Å². The minimum Gasteiger partial charge on any atom is -0.478 e. The number of nitrogens with zero attached hydrogens (tertiary/aromatic N) is 2. The van der Waals surface area contributed by atoms with Gasteiger partial charge in [0.2, 0.25) is 6.41 Å². The smallest absolute Gasteiger partial charge is 0.337 e. The number of carboxylic acids is 1. The summed E-state index contributed by atoms with van der Waals surface area (Å²) in [7, 11) is 0. The number of amides is 1. The Bertz CT molecular complexity index is 426. The number of carbonyl (C=O) groups is 2. The molecule has 1 amide bonds. The van der Waals surface area contributed by atoms with Crippen LogP contribution in [0.5, 0.6) is 0 Å². The molecule has 1 aromatic rings. The highest BCUT2D eigenvalue weighted by atomic mass is 19.1. The molecule has 1 aromatic heterocycles. The van der Waals surface area contributed by atoms with E-state index in [2.05, 4.69) is 4.98 Å². The highest BCUT2D eigenvalue weighted by Crippen LogP contribution is 2.33. The number of pyridine rings is 1. The number of halogens is 1. The van der Waals surface area contributed by atoms with E-state index in [4.69, 9.17) is 5.11 Å². The van der Waals surface area contributed by atoms with E-state index in [-0.39, 0.29) is 24.3 Å². The molecule has 0 atom stereocenters. The molecule has 1 saturated heterocycles. The predicted molar refractivity (Wildman–Crippen MR) is 51.6 cm³/mol. The molecule has 0 bridgehead atoms. The summed E-state index contributed by atoms with van der Waals surface area (Å²) in [6.07, 6.45) is 1.69. The summed E-state index contributed by atoms with van der Waals surface area (Å²) < 4.78 is 14.0. The van der Waals surface area contributed by atoms with Gasteiger partial charge >= 0.3 is 5.97 Å². The first-order valence-corrected chi connectivity index (χ1v) is 4.63. The van der Waals surface area contributed by atoms with Crippen molar-refractivity contribution in [2.24, 2.45) is 0 Å². The fourth-order valence-corrected chi connectivity index (χ4v) is 1.62. The fourth-order valence-electron chi connectivity index (χ4n) is 1.62. The van der Waals surface area contributed by atoms with Crippen LogP contribution in [0, 0.1) is 0 Å². The molecule has 1 fully saturated rings. The fraction of sp³-hybridized carbons (Fsp3) is 0.300. The van der Waals surface area contributed by atoms with Gasteiger partial charge in [-0.05, 0) is 12.1 Å². The van der Waals surface area contributed by atoms with E-state index in [9.17, 15) is 14.0 Å². The van der Waals surface area contributed by atoms with Crippen molar-refractivity contribution in [2.75, 3.05) is 13.1 Å². The van der Waals surface area contributed by atoms with Gasteiger partial charge in [-0.1, -0.05) is 0 Å². The molecule has 0 radical (unpaired) electrons. The number of carboxylic acid groups (broad SMARTS) is 1. The molecule has 84 valence electrons. The van der Waals surface area contributed by atoms with Gasteiger partial charge in [-0.2, -0.15) is 0 Å². The first-order chi connectivity index (χ1) is 7.55. The zero-order chi connectivity index (χ0) is 11.8. The quantitative estimate of drug-likeness (QED) is 0.755. The van der Waals surface area contributed by atoms with Crippen molar-refractivity contribution in [3.63, 3.8) is 0 Å². The molecule has 6 heteroatoms. The van der Waals surface area contributed by atoms with Crippen molar-refractivity contribution in [1.29, 1.82) is 0 Å². The van der Waals surface area contributed by atoms with Gasteiger partial charge < -0.3 is 10.0 Å². The molecule has 16 heavy (non-hydrogen) atoms. The summed E-state index contributed by atoms with van der Waals surface area (Å²) in [4.78, 5) is 25.9. The van der Waals surface area contributed by atoms with Crippen molar-refractivity contribution in [3.8, 4) is 0 Å². The molecule has 1 aliphatic rings. The van der Waals surface area contributed by atoms with Crippen LogP contribution < -0.4 is 0 Å². The van der Waals surface area contributed by atoms with Crippen LogP contribution in [0.1, 0.15) is 16.1 Å². The largest absolute Gasteiger partial charge is 0.478 e. The van der Waals surface area contributed by atoms with Crippen LogP contribution in [0.15, 0.2) is 18.3 Å². The van der Waals surface area contributed by atoms with Gasteiger partial charge in [-0.3, -0.25) is 9.78 Å². The van der Waals surface area contributed by atoms with E-state index in [0.717, 1.165) is 6.20 Å².